The first-order chi connectivity index (χ1) is 10.5. The van der Waals surface area contributed by atoms with Crippen LogP contribution in [0.25, 0.3) is 0 Å². The fourth-order valence-corrected chi connectivity index (χ4v) is 1.86. The number of hydrogen-bond donors (Lipinski definition) is 2. The Labute approximate surface area is 131 Å². The summed E-state index contributed by atoms with van der Waals surface area (Å²) in [6.45, 7) is 6.67. The van der Waals surface area contributed by atoms with E-state index < -0.39 is 17.9 Å². The third-order valence-electron chi connectivity index (χ3n) is 3.00. The molecule has 6 nitrogen and oxygen atoms in total. The van der Waals surface area contributed by atoms with Gasteiger partial charge in [0, 0.05) is 18.8 Å². The second kappa shape index (κ2) is 11.9. The average molecular weight is 314 g/mol. The van der Waals surface area contributed by atoms with Gasteiger partial charge in [-0.3, -0.25) is 0 Å². The lowest BCUT2D eigenvalue weighted by Gasteiger charge is -2.25. The predicted octanol–water partition coefficient (Wildman–Crippen LogP) is 2.20. The highest BCUT2D eigenvalue weighted by Crippen LogP contribution is 2.20. The summed E-state index contributed by atoms with van der Waals surface area (Å²) in [7, 11) is 0. The minimum atomic E-state index is -2.28. The number of ether oxygens (including phenoxy) is 2. The molecule has 126 valence electrons. The highest BCUT2D eigenvalue weighted by atomic mass is 16.8. The smallest absolute Gasteiger partial charge is 0.373 e. The van der Waals surface area contributed by atoms with Crippen molar-refractivity contribution in [3.05, 3.63) is 25.3 Å². The topological polar surface area (TPSA) is 93.1 Å². The lowest BCUT2D eigenvalue weighted by atomic mass is 10.1. The van der Waals surface area contributed by atoms with Crippen LogP contribution in [0.4, 0.5) is 0 Å². The zero-order chi connectivity index (χ0) is 16.8. The van der Waals surface area contributed by atoms with Gasteiger partial charge in [0.15, 0.2) is 0 Å². The Balaban J connectivity index is 4.12. The SMILES string of the molecule is C=CC(=O)OC(O)(CCCCCCCCCO)OC(=O)C=C. The van der Waals surface area contributed by atoms with E-state index in [2.05, 4.69) is 13.2 Å². The third kappa shape index (κ3) is 10.1. The Morgan fingerprint density at radius 2 is 1.27 bits per heavy atom. The Morgan fingerprint density at radius 3 is 1.68 bits per heavy atom. The molecule has 0 rings (SSSR count). The first kappa shape index (κ1) is 20.3. The van der Waals surface area contributed by atoms with Crippen LogP contribution in [0, 0.1) is 0 Å². The molecule has 0 atom stereocenters. The van der Waals surface area contributed by atoms with Crippen molar-refractivity contribution in [3.8, 4) is 0 Å². The summed E-state index contributed by atoms with van der Waals surface area (Å²) in [6, 6.07) is 0. The molecule has 0 aromatic carbocycles. The predicted molar refractivity (Wildman–Crippen MR) is 81.5 cm³/mol. The molecule has 0 aliphatic rings. The van der Waals surface area contributed by atoms with Gasteiger partial charge in [0.25, 0.3) is 0 Å². The van der Waals surface area contributed by atoms with Gasteiger partial charge in [0.2, 0.25) is 0 Å². The van der Waals surface area contributed by atoms with Crippen LogP contribution in [0.5, 0.6) is 0 Å². The van der Waals surface area contributed by atoms with Crippen LogP contribution in [0.3, 0.4) is 0 Å². The Bertz CT molecular complexity index is 342. The van der Waals surface area contributed by atoms with Crippen molar-refractivity contribution >= 4 is 11.9 Å². The summed E-state index contributed by atoms with van der Waals surface area (Å²) in [5, 5.41) is 18.7. The molecule has 0 amide bonds. The fourth-order valence-electron chi connectivity index (χ4n) is 1.86. The standard InChI is InChI=1S/C16H26O6/c1-3-14(18)21-16(20,22-15(19)4-2)12-10-8-6-5-7-9-11-13-17/h3-4,17,20H,1-2,5-13H2. The zero-order valence-corrected chi connectivity index (χ0v) is 13.0. The van der Waals surface area contributed by atoms with Gasteiger partial charge in [-0.25, -0.2) is 9.59 Å². The number of hydrogen-bond acceptors (Lipinski definition) is 6. The van der Waals surface area contributed by atoms with Crippen LogP contribution in [0.15, 0.2) is 25.3 Å². The number of aliphatic hydroxyl groups is 2. The first-order valence-electron chi connectivity index (χ1n) is 7.51. The highest BCUT2D eigenvalue weighted by molar-refractivity contribution is 5.83. The van der Waals surface area contributed by atoms with Crippen LogP contribution in [-0.2, 0) is 19.1 Å². The van der Waals surface area contributed by atoms with Gasteiger partial charge >= 0.3 is 17.9 Å². The lowest BCUT2D eigenvalue weighted by molar-refractivity contribution is -0.324. The molecule has 0 aliphatic carbocycles. The maximum atomic E-state index is 11.2. The normalized spacial score (nSPS) is 10.8. The van der Waals surface area contributed by atoms with Crippen LogP contribution < -0.4 is 0 Å². The van der Waals surface area contributed by atoms with Gasteiger partial charge in [-0.1, -0.05) is 45.3 Å². The number of carbonyl (C=O) groups excluding carboxylic acids is 2. The van der Waals surface area contributed by atoms with Crippen molar-refractivity contribution in [1.82, 2.24) is 0 Å². The van der Waals surface area contributed by atoms with E-state index in [1.807, 2.05) is 0 Å². The van der Waals surface area contributed by atoms with Gasteiger partial charge in [0.1, 0.15) is 0 Å². The van der Waals surface area contributed by atoms with E-state index in [1.165, 1.54) is 0 Å². The van der Waals surface area contributed by atoms with Crippen molar-refractivity contribution in [2.75, 3.05) is 6.61 Å². The summed E-state index contributed by atoms with van der Waals surface area (Å²) in [6.07, 6.45) is 7.92. The molecule has 2 N–H and O–H groups in total. The zero-order valence-electron chi connectivity index (χ0n) is 13.0. The molecule has 0 radical (unpaired) electrons. The number of aliphatic hydroxyl groups excluding tert-OH is 1. The van der Waals surface area contributed by atoms with E-state index in [0.29, 0.717) is 6.42 Å². The number of esters is 2. The van der Waals surface area contributed by atoms with Gasteiger partial charge in [-0.15, -0.1) is 0 Å². The molecule has 0 aliphatic heterocycles. The lowest BCUT2D eigenvalue weighted by Crippen LogP contribution is -2.39. The van der Waals surface area contributed by atoms with E-state index in [0.717, 1.165) is 50.7 Å². The molecule has 22 heavy (non-hydrogen) atoms. The van der Waals surface area contributed by atoms with Crippen molar-refractivity contribution in [2.24, 2.45) is 0 Å². The molecule has 0 unspecified atom stereocenters. The minimum Gasteiger partial charge on any atom is -0.396 e. The van der Waals surface area contributed by atoms with Crippen LogP contribution in [0.1, 0.15) is 51.4 Å². The van der Waals surface area contributed by atoms with Crippen molar-refractivity contribution in [3.63, 3.8) is 0 Å². The van der Waals surface area contributed by atoms with Crippen LogP contribution >= 0.6 is 0 Å². The van der Waals surface area contributed by atoms with E-state index in [-0.39, 0.29) is 13.0 Å². The molecule has 0 fully saturated rings. The summed E-state index contributed by atoms with van der Waals surface area (Å²) < 4.78 is 9.40. The minimum absolute atomic E-state index is 0.0111. The van der Waals surface area contributed by atoms with Crippen LogP contribution in [-0.4, -0.2) is 34.7 Å². The van der Waals surface area contributed by atoms with Gasteiger partial charge in [-0.2, -0.15) is 0 Å². The molecule has 0 spiro atoms. The maximum absolute atomic E-state index is 11.2. The van der Waals surface area contributed by atoms with Crippen LogP contribution in [0.2, 0.25) is 0 Å². The Morgan fingerprint density at radius 1 is 0.864 bits per heavy atom. The molecule has 0 saturated carbocycles. The molecule has 0 aromatic heterocycles. The van der Waals surface area contributed by atoms with E-state index in [1.54, 1.807) is 0 Å². The summed E-state index contributed by atoms with van der Waals surface area (Å²) in [5.41, 5.74) is 0. The van der Waals surface area contributed by atoms with Gasteiger partial charge < -0.3 is 19.7 Å². The molecule has 0 saturated heterocycles. The molecule has 0 aromatic rings. The van der Waals surface area contributed by atoms with Gasteiger partial charge in [0.05, 0.1) is 6.42 Å². The monoisotopic (exact) mass is 314 g/mol. The molecule has 6 heteroatoms. The number of rotatable bonds is 13. The average Bonchev–Trinajstić information content (AvgIpc) is 2.49. The van der Waals surface area contributed by atoms with Crippen molar-refractivity contribution < 1.29 is 29.3 Å². The second-order valence-corrected chi connectivity index (χ2v) is 4.91. The van der Waals surface area contributed by atoms with Gasteiger partial charge in [-0.05, 0) is 12.8 Å². The molecular formula is C16H26O6. The number of unbranched alkanes of at least 4 members (excludes halogenated alkanes) is 6. The Kier molecular flexibility index (Phi) is 11.0. The first-order valence-corrected chi connectivity index (χ1v) is 7.51. The van der Waals surface area contributed by atoms with Crippen molar-refractivity contribution in [1.29, 1.82) is 0 Å². The molecule has 0 bridgehead atoms. The fraction of sp³-hybridized carbons (Fsp3) is 0.625. The maximum Gasteiger partial charge on any atom is 0.373 e. The second-order valence-electron chi connectivity index (χ2n) is 4.91. The summed E-state index contributed by atoms with van der Waals surface area (Å²) in [5.74, 6) is -4.03. The van der Waals surface area contributed by atoms with E-state index in [4.69, 9.17) is 14.6 Å². The number of carbonyl (C=O) groups is 2. The van der Waals surface area contributed by atoms with E-state index in [9.17, 15) is 14.7 Å². The highest BCUT2D eigenvalue weighted by Gasteiger charge is 2.34. The summed E-state index contributed by atoms with van der Waals surface area (Å²) >= 11 is 0. The third-order valence-corrected chi connectivity index (χ3v) is 3.00. The quantitative estimate of drug-likeness (QED) is 0.234. The largest absolute Gasteiger partial charge is 0.396 e. The summed E-state index contributed by atoms with van der Waals surface area (Å²) in [4.78, 5) is 22.4. The molecule has 0 heterocycles. The Hall–Kier alpha value is -1.66. The van der Waals surface area contributed by atoms with E-state index >= 15 is 0 Å². The van der Waals surface area contributed by atoms with Crippen molar-refractivity contribution in [2.45, 2.75) is 57.3 Å². The molecular weight excluding hydrogens is 288 g/mol.